The predicted octanol–water partition coefficient (Wildman–Crippen LogP) is 4.72. The number of hydrogen-bond donors (Lipinski definition) is 0. The lowest BCUT2D eigenvalue weighted by Gasteiger charge is -2.39. The first kappa shape index (κ1) is 30.2. The Balaban J connectivity index is 1.57. The first-order chi connectivity index (χ1) is 19.9. The smallest absolute Gasteiger partial charge is 0.261 e. The molecule has 2 saturated heterocycles. The number of nitrogens with zero attached hydrogens (tertiary/aromatic N) is 5. The van der Waals surface area contributed by atoms with Crippen molar-refractivity contribution in [2.24, 2.45) is 0 Å². The second-order valence-corrected chi connectivity index (χ2v) is 11.8. The van der Waals surface area contributed by atoms with E-state index in [0.29, 0.717) is 25.3 Å². The fourth-order valence-corrected chi connectivity index (χ4v) is 6.28. The zero-order chi connectivity index (χ0) is 30.3. The van der Waals surface area contributed by atoms with E-state index in [9.17, 15) is 18.4 Å². The van der Waals surface area contributed by atoms with Crippen molar-refractivity contribution >= 4 is 29.2 Å². The fraction of sp³-hybridized carbons (Fsp3) is 0.500. The molecule has 1 unspecified atom stereocenters. The van der Waals surface area contributed by atoms with Crippen LogP contribution in [0, 0.1) is 5.82 Å². The molecule has 0 radical (unpaired) electrons. The minimum absolute atomic E-state index is 0.0248. The Morgan fingerprint density at radius 1 is 1.26 bits per heavy atom. The molecule has 12 heteroatoms. The van der Waals surface area contributed by atoms with Gasteiger partial charge in [0, 0.05) is 56.8 Å². The molecule has 226 valence electrons. The van der Waals surface area contributed by atoms with E-state index in [-0.39, 0.29) is 84.2 Å². The number of fused-ring (bicyclic) bond motifs is 2. The lowest BCUT2D eigenvalue weighted by Crippen LogP contribution is -2.57. The number of likely N-dealkylation sites (N-methyl/N-ethyl adjacent to an activating group) is 1. The molecule has 8 nitrogen and oxygen atoms in total. The summed E-state index contributed by atoms with van der Waals surface area (Å²) in [5.74, 6) is -3.43. The van der Waals surface area contributed by atoms with Gasteiger partial charge in [-0.15, -0.1) is 0 Å². The van der Waals surface area contributed by atoms with Gasteiger partial charge in [-0.3, -0.25) is 9.59 Å². The second-order valence-electron chi connectivity index (χ2n) is 11.4. The molecular weight excluding hydrogens is 571 g/mol. The maximum atomic E-state index is 15.0. The van der Waals surface area contributed by atoms with Crippen molar-refractivity contribution in [3.05, 3.63) is 53.3 Å². The molecule has 0 N–H and O–H groups in total. The Morgan fingerprint density at radius 3 is 2.69 bits per heavy atom. The summed E-state index contributed by atoms with van der Waals surface area (Å²) in [7, 11) is 1.82. The first-order valence-corrected chi connectivity index (χ1v) is 14.5. The average Bonchev–Trinajstić information content (AvgIpc) is 3.28. The van der Waals surface area contributed by atoms with Gasteiger partial charge in [0.2, 0.25) is 11.8 Å². The molecule has 2 amide bonds. The van der Waals surface area contributed by atoms with E-state index in [1.165, 1.54) is 12.1 Å². The summed E-state index contributed by atoms with van der Waals surface area (Å²) in [5, 5.41) is 0.0248. The van der Waals surface area contributed by atoms with Crippen LogP contribution in [0.2, 0.25) is 5.02 Å². The lowest BCUT2D eigenvalue weighted by atomic mass is 10.1. The van der Waals surface area contributed by atoms with Crippen LogP contribution in [-0.4, -0.2) is 102 Å². The molecule has 1 aromatic heterocycles. The summed E-state index contributed by atoms with van der Waals surface area (Å²) in [6.45, 7) is 8.04. The number of carbonyl (C=O) groups excluding carboxylic acids is 2. The number of amides is 2. The quantitative estimate of drug-likeness (QED) is 0.426. The van der Waals surface area contributed by atoms with Crippen molar-refractivity contribution in [2.75, 3.05) is 51.3 Å². The van der Waals surface area contributed by atoms with Crippen molar-refractivity contribution in [1.29, 1.82) is 0 Å². The van der Waals surface area contributed by atoms with Crippen molar-refractivity contribution in [3.63, 3.8) is 0 Å². The van der Waals surface area contributed by atoms with Crippen LogP contribution in [0.15, 0.2) is 36.9 Å². The van der Waals surface area contributed by atoms with Crippen LogP contribution in [0.1, 0.15) is 37.0 Å². The van der Waals surface area contributed by atoms with Gasteiger partial charge >= 0.3 is 0 Å². The molecule has 0 spiro atoms. The molecule has 4 heterocycles. The van der Waals surface area contributed by atoms with E-state index in [0.717, 1.165) is 6.92 Å². The van der Waals surface area contributed by atoms with Crippen molar-refractivity contribution in [3.8, 4) is 17.0 Å². The van der Waals surface area contributed by atoms with Crippen LogP contribution in [0.5, 0.6) is 5.75 Å². The minimum Gasteiger partial charge on any atom is -0.489 e. The lowest BCUT2D eigenvalue weighted by molar-refractivity contribution is -0.128. The maximum absolute atomic E-state index is 15.0. The Hall–Kier alpha value is -3.31. The zero-order valence-electron chi connectivity index (χ0n) is 24.0. The molecule has 2 fully saturated rings. The van der Waals surface area contributed by atoms with Crippen molar-refractivity contribution < 1.29 is 27.5 Å². The molecule has 0 saturated carbocycles. The number of hydrogen-bond acceptors (Lipinski definition) is 6. The topological polar surface area (TPSA) is 69.2 Å². The molecule has 3 aliphatic heterocycles. The molecule has 0 bridgehead atoms. The van der Waals surface area contributed by atoms with Crippen LogP contribution in [0.4, 0.5) is 19.0 Å². The average molecular weight is 606 g/mol. The highest BCUT2D eigenvalue weighted by Crippen LogP contribution is 2.45. The van der Waals surface area contributed by atoms with E-state index in [2.05, 4.69) is 6.58 Å². The summed E-state index contributed by atoms with van der Waals surface area (Å²) in [5.41, 5.74) is 0.494. The summed E-state index contributed by atoms with van der Waals surface area (Å²) in [6.07, 6.45) is 1.63. The van der Waals surface area contributed by atoms with E-state index >= 15 is 4.39 Å². The molecule has 42 heavy (non-hydrogen) atoms. The highest BCUT2D eigenvalue weighted by molar-refractivity contribution is 6.35. The van der Waals surface area contributed by atoms with Crippen LogP contribution in [-0.2, 0) is 4.79 Å². The molecule has 3 atom stereocenters. The third kappa shape index (κ3) is 5.81. The van der Waals surface area contributed by atoms with Gasteiger partial charge in [-0.25, -0.2) is 18.2 Å². The molecule has 0 aliphatic carbocycles. The van der Waals surface area contributed by atoms with Gasteiger partial charge in [-0.1, -0.05) is 30.3 Å². The number of rotatable bonds is 7. The Morgan fingerprint density at radius 2 is 2.00 bits per heavy atom. The molecule has 1 aromatic carbocycles. The van der Waals surface area contributed by atoms with Gasteiger partial charge in [0.25, 0.3) is 5.91 Å². The second kappa shape index (κ2) is 11.8. The first-order valence-electron chi connectivity index (χ1n) is 14.1. The minimum atomic E-state index is -2.78. The predicted molar refractivity (Wildman–Crippen MR) is 155 cm³/mol. The Kier molecular flexibility index (Phi) is 8.44. The molecule has 5 rings (SSSR count). The molecule has 2 aromatic rings. The summed E-state index contributed by atoms with van der Waals surface area (Å²) in [6, 6.07) is 5.49. The Bertz CT molecular complexity index is 1390. The van der Waals surface area contributed by atoms with E-state index in [1.807, 2.05) is 23.8 Å². The number of halogens is 4. The Labute approximate surface area is 248 Å². The van der Waals surface area contributed by atoms with Gasteiger partial charge in [0.1, 0.15) is 28.8 Å². The number of ether oxygens (including phenoxy) is 1. The van der Waals surface area contributed by atoms with Gasteiger partial charge < -0.3 is 24.3 Å². The monoisotopic (exact) mass is 605 g/mol. The van der Waals surface area contributed by atoms with Gasteiger partial charge in [0.05, 0.1) is 11.7 Å². The highest BCUT2D eigenvalue weighted by atomic mass is 35.5. The van der Waals surface area contributed by atoms with E-state index in [1.54, 1.807) is 28.0 Å². The zero-order valence-corrected chi connectivity index (χ0v) is 24.7. The number of piperazine rings is 1. The van der Waals surface area contributed by atoms with Gasteiger partial charge in [-0.05, 0) is 45.5 Å². The van der Waals surface area contributed by atoms with E-state index < -0.39 is 17.8 Å². The highest BCUT2D eigenvalue weighted by Gasteiger charge is 2.43. The van der Waals surface area contributed by atoms with Crippen LogP contribution in [0.3, 0.4) is 0 Å². The number of alkyl halides is 2. The molecular formula is C30H35ClF3N5O3. The third-order valence-corrected chi connectivity index (χ3v) is 8.77. The normalized spacial score (nSPS) is 22.5. The third-order valence-electron chi connectivity index (χ3n) is 8.42. The standard InChI is InChI=1S/C30H35ClF3N5O3/c1-5-23(40)37-12-13-38-20(15-37)17-42-27-24(29(38)41)28(35-26(25(27)31)21-8-6-7-9-22(21)32)39-16-19(14-18(39)2)36(4)11-10-30(3,33)34/h5-9,18-20H,1,10-17H2,2-4H3/t18-,19?,20+/m0/s1. The van der Waals surface area contributed by atoms with Crippen LogP contribution in [0.25, 0.3) is 11.3 Å². The van der Waals surface area contributed by atoms with Gasteiger partial charge in [0.15, 0.2) is 5.75 Å². The largest absolute Gasteiger partial charge is 0.489 e. The van der Waals surface area contributed by atoms with E-state index in [4.69, 9.17) is 21.3 Å². The summed E-state index contributed by atoms with van der Waals surface area (Å²) in [4.78, 5) is 38.5. The SMILES string of the molecule is C=CC(=O)N1CCN2C(=O)c3c(N4CC(N(C)CCC(C)(F)F)C[C@@H]4C)nc(-c4ccccc4F)c(Cl)c3OC[C@H]2C1. The number of carbonyl (C=O) groups is 2. The maximum Gasteiger partial charge on any atom is 0.261 e. The number of benzene rings is 1. The molecule has 3 aliphatic rings. The van der Waals surface area contributed by atoms with Crippen LogP contribution >= 0.6 is 11.6 Å². The number of pyridine rings is 1. The van der Waals surface area contributed by atoms with Crippen molar-refractivity contribution in [1.82, 2.24) is 19.7 Å². The summed E-state index contributed by atoms with van der Waals surface area (Å²) < 4.78 is 48.4. The number of aromatic nitrogens is 1. The van der Waals surface area contributed by atoms with Gasteiger partial charge in [-0.2, -0.15) is 0 Å². The number of anilines is 1. The fourth-order valence-electron chi connectivity index (χ4n) is 5.99. The summed E-state index contributed by atoms with van der Waals surface area (Å²) >= 11 is 6.85. The van der Waals surface area contributed by atoms with Crippen LogP contribution < -0.4 is 9.64 Å². The van der Waals surface area contributed by atoms with Crippen molar-refractivity contribution in [2.45, 2.75) is 50.7 Å².